The summed E-state index contributed by atoms with van der Waals surface area (Å²) in [6.45, 7) is 2.05. The lowest BCUT2D eigenvalue weighted by Gasteiger charge is -2.23. The number of rotatable bonds is 3. The van der Waals surface area contributed by atoms with Gasteiger partial charge in [0.05, 0.1) is 34.5 Å². The van der Waals surface area contributed by atoms with E-state index in [1.165, 1.54) is 4.90 Å². The molecule has 2 aromatic rings. The van der Waals surface area contributed by atoms with E-state index in [4.69, 9.17) is 32.5 Å². The molecule has 1 aromatic carbocycles. The molecule has 7 nitrogen and oxygen atoms in total. The van der Waals surface area contributed by atoms with Gasteiger partial charge >= 0.3 is 0 Å². The molecule has 2 fully saturated rings. The van der Waals surface area contributed by atoms with Crippen LogP contribution in [0.1, 0.15) is 5.76 Å². The summed E-state index contributed by atoms with van der Waals surface area (Å²) < 4.78 is 11.2. The van der Waals surface area contributed by atoms with Crippen LogP contribution >= 0.6 is 23.2 Å². The zero-order valence-electron chi connectivity index (χ0n) is 14.7. The van der Waals surface area contributed by atoms with Gasteiger partial charge in [-0.05, 0) is 25.1 Å². The average molecular weight is 420 g/mol. The Morgan fingerprint density at radius 3 is 2.86 bits per heavy atom. The fourth-order valence-corrected chi connectivity index (χ4v) is 4.57. The molecule has 28 heavy (non-hydrogen) atoms. The molecule has 144 valence electrons. The molecule has 0 aliphatic carbocycles. The number of hydrogen-bond donors (Lipinski definition) is 1. The average Bonchev–Trinajstić information content (AvgIpc) is 3.39. The summed E-state index contributed by atoms with van der Waals surface area (Å²) >= 11 is 11.9. The molecule has 1 spiro atoms. The minimum absolute atomic E-state index is 0.200. The molecule has 1 N–H and O–H groups in total. The number of anilines is 2. The van der Waals surface area contributed by atoms with Crippen LogP contribution in [0, 0.1) is 18.8 Å². The van der Waals surface area contributed by atoms with E-state index < -0.39 is 23.5 Å². The number of nitrogens with one attached hydrogen (secondary N) is 1. The molecular weight excluding hydrogens is 405 g/mol. The minimum Gasteiger partial charge on any atom is -0.360 e. The Morgan fingerprint density at radius 1 is 1.32 bits per heavy atom. The first kappa shape index (κ1) is 17.7. The van der Waals surface area contributed by atoms with Crippen LogP contribution in [0.5, 0.6) is 0 Å². The fraction of sp³-hybridized carbons (Fsp3) is 0.316. The maximum Gasteiger partial charge on any atom is 0.235 e. The van der Waals surface area contributed by atoms with E-state index in [0.717, 1.165) is 0 Å². The van der Waals surface area contributed by atoms with Crippen LogP contribution in [0.3, 0.4) is 0 Å². The van der Waals surface area contributed by atoms with Crippen LogP contribution in [-0.4, -0.2) is 35.2 Å². The van der Waals surface area contributed by atoms with Gasteiger partial charge in [-0.2, -0.15) is 0 Å². The maximum absolute atomic E-state index is 13.2. The van der Waals surface area contributed by atoms with Gasteiger partial charge in [-0.3, -0.25) is 14.5 Å². The molecule has 9 heteroatoms. The van der Waals surface area contributed by atoms with Crippen molar-refractivity contribution >= 4 is 46.5 Å². The molecule has 2 bridgehead atoms. The third kappa shape index (κ3) is 2.50. The van der Waals surface area contributed by atoms with E-state index >= 15 is 0 Å². The monoisotopic (exact) mass is 419 g/mol. The number of fused-ring (bicyclic) bond motifs is 1. The fourth-order valence-electron chi connectivity index (χ4n) is 4.27. The van der Waals surface area contributed by atoms with Gasteiger partial charge in [-0.15, -0.1) is 0 Å². The highest BCUT2D eigenvalue weighted by molar-refractivity contribution is 6.42. The van der Waals surface area contributed by atoms with Gasteiger partial charge < -0.3 is 14.6 Å². The van der Waals surface area contributed by atoms with Gasteiger partial charge in [-0.25, -0.2) is 0 Å². The van der Waals surface area contributed by atoms with Gasteiger partial charge in [0, 0.05) is 11.8 Å². The number of nitrogens with zero attached hydrogens (tertiary/aromatic N) is 2. The van der Waals surface area contributed by atoms with E-state index in [0.29, 0.717) is 33.9 Å². The summed E-state index contributed by atoms with van der Waals surface area (Å²) in [5.74, 6) is -0.741. The van der Waals surface area contributed by atoms with Crippen molar-refractivity contribution in [2.45, 2.75) is 18.6 Å². The number of carbonyl (C=O) groups excluding carboxylic acids is 2. The highest BCUT2D eigenvalue weighted by Gasteiger charge is 2.67. The predicted molar refractivity (Wildman–Crippen MR) is 102 cm³/mol. The van der Waals surface area contributed by atoms with Crippen LogP contribution in [0.25, 0.3) is 0 Å². The Bertz CT molecular complexity index is 1040. The minimum atomic E-state index is -0.825. The standard InChI is InChI=1S/C19H15Cl2N3O4/c1-9-6-14(23-28-9)24-8-19-5-4-13(27-19)15(16(19)18(24)26)17(25)22-10-2-3-11(20)12(21)7-10/h2-7,13,15-16H,8H2,1H3,(H,22,25)/t13?,15?,16?,19-/m0/s1. The third-order valence-corrected chi connectivity index (χ3v) is 6.22. The number of hydrogen-bond acceptors (Lipinski definition) is 5. The molecule has 2 saturated heterocycles. The molecule has 4 atom stereocenters. The van der Waals surface area contributed by atoms with Crippen molar-refractivity contribution in [3.8, 4) is 0 Å². The van der Waals surface area contributed by atoms with E-state index in [9.17, 15) is 9.59 Å². The van der Waals surface area contributed by atoms with Crippen molar-refractivity contribution in [2.75, 3.05) is 16.8 Å². The Kier molecular flexibility index (Phi) is 3.84. The molecule has 1 aromatic heterocycles. The Hall–Kier alpha value is -2.35. The molecule has 0 radical (unpaired) electrons. The van der Waals surface area contributed by atoms with Crippen molar-refractivity contribution < 1.29 is 18.8 Å². The highest BCUT2D eigenvalue weighted by Crippen LogP contribution is 2.52. The first-order valence-electron chi connectivity index (χ1n) is 8.76. The van der Waals surface area contributed by atoms with Crippen LogP contribution < -0.4 is 10.2 Å². The van der Waals surface area contributed by atoms with E-state index in [1.54, 1.807) is 31.2 Å². The van der Waals surface area contributed by atoms with Gasteiger partial charge in [-0.1, -0.05) is 40.5 Å². The third-order valence-electron chi connectivity index (χ3n) is 5.48. The Morgan fingerprint density at radius 2 is 2.14 bits per heavy atom. The quantitative estimate of drug-likeness (QED) is 0.771. The van der Waals surface area contributed by atoms with E-state index in [2.05, 4.69) is 10.5 Å². The number of benzene rings is 1. The summed E-state index contributed by atoms with van der Waals surface area (Å²) in [4.78, 5) is 27.7. The van der Waals surface area contributed by atoms with Crippen molar-refractivity contribution in [3.05, 3.63) is 52.2 Å². The van der Waals surface area contributed by atoms with Crippen LogP contribution in [0.4, 0.5) is 11.5 Å². The zero-order valence-corrected chi connectivity index (χ0v) is 16.2. The molecule has 3 unspecified atom stereocenters. The summed E-state index contributed by atoms with van der Waals surface area (Å²) in [5, 5.41) is 7.49. The van der Waals surface area contributed by atoms with Gasteiger partial charge in [0.2, 0.25) is 11.8 Å². The number of aromatic nitrogens is 1. The topological polar surface area (TPSA) is 84.7 Å². The lowest BCUT2D eigenvalue weighted by Crippen LogP contribution is -2.41. The second-order valence-electron chi connectivity index (χ2n) is 7.24. The Labute approximate surface area is 170 Å². The zero-order chi connectivity index (χ0) is 19.6. The molecule has 5 rings (SSSR count). The number of halogens is 2. The number of carbonyl (C=O) groups is 2. The molecular formula is C19H15Cl2N3O4. The Balaban J connectivity index is 1.43. The second kappa shape index (κ2) is 6.07. The summed E-state index contributed by atoms with van der Waals surface area (Å²) in [6.07, 6.45) is 3.29. The van der Waals surface area contributed by atoms with Crippen LogP contribution in [0.2, 0.25) is 10.0 Å². The molecule has 3 aliphatic rings. The lowest BCUT2D eigenvalue weighted by molar-refractivity contribution is -0.128. The lowest BCUT2D eigenvalue weighted by atomic mass is 9.77. The predicted octanol–water partition coefficient (Wildman–Crippen LogP) is 3.21. The van der Waals surface area contributed by atoms with Crippen molar-refractivity contribution in [1.82, 2.24) is 5.16 Å². The summed E-state index contributed by atoms with van der Waals surface area (Å²) in [7, 11) is 0. The SMILES string of the molecule is Cc1cc(N2C[C@]34C=CC(O3)C(C(=O)Nc3ccc(Cl)c(Cl)c3)C4C2=O)no1. The molecule has 3 aliphatic heterocycles. The van der Waals surface area contributed by atoms with Gasteiger partial charge in [0.15, 0.2) is 5.82 Å². The normalized spacial score (nSPS) is 30.2. The van der Waals surface area contributed by atoms with E-state index in [-0.39, 0.29) is 11.8 Å². The van der Waals surface area contributed by atoms with Crippen molar-refractivity contribution in [3.63, 3.8) is 0 Å². The number of aryl methyl sites for hydroxylation is 1. The number of amides is 2. The van der Waals surface area contributed by atoms with E-state index in [1.807, 2.05) is 12.2 Å². The van der Waals surface area contributed by atoms with Crippen LogP contribution in [-0.2, 0) is 14.3 Å². The van der Waals surface area contributed by atoms with Crippen LogP contribution in [0.15, 0.2) is 40.9 Å². The second-order valence-corrected chi connectivity index (χ2v) is 8.05. The first-order valence-corrected chi connectivity index (χ1v) is 9.51. The number of ether oxygens (including phenoxy) is 1. The maximum atomic E-state index is 13.2. The highest BCUT2D eigenvalue weighted by atomic mass is 35.5. The smallest absolute Gasteiger partial charge is 0.235 e. The van der Waals surface area contributed by atoms with Gasteiger partial charge in [0.25, 0.3) is 0 Å². The largest absolute Gasteiger partial charge is 0.360 e. The van der Waals surface area contributed by atoms with Gasteiger partial charge in [0.1, 0.15) is 11.4 Å². The van der Waals surface area contributed by atoms with Crippen molar-refractivity contribution in [1.29, 1.82) is 0 Å². The first-order chi connectivity index (χ1) is 13.4. The molecule has 0 saturated carbocycles. The summed E-state index contributed by atoms with van der Waals surface area (Å²) in [5.41, 5.74) is -0.316. The molecule has 2 amide bonds. The van der Waals surface area contributed by atoms with Crippen molar-refractivity contribution in [2.24, 2.45) is 11.8 Å². The summed E-state index contributed by atoms with van der Waals surface area (Å²) in [6, 6.07) is 6.53. The molecule has 4 heterocycles.